The van der Waals surface area contributed by atoms with E-state index >= 15 is 0 Å². The second-order valence-corrected chi connectivity index (χ2v) is 4.97. The van der Waals surface area contributed by atoms with Crippen molar-refractivity contribution >= 4 is 11.9 Å². The summed E-state index contributed by atoms with van der Waals surface area (Å²) in [6.45, 7) is 2.48. The number of rotatable bonds is 4. The van der Waals surface area contributed by atoms with E-state index in [1.54, 1.807) is 0 Å². The lowest BCUT2D eigenvalue weighted by atomic mass is 10.1. The predicted octanol–water partition coefficient (Wildman–Crippen LogP) is -1.63. The van der Waals surface area contributed by atoms with E-state index in [1.165, 1.54) is 38.8 Å². The van der Waals surface area contributed by atoms with Gasteiger partial charge in [-0.25, -0.2) is 9.59 Å². The van der Waals surface area contributed by atoms with Gasteiger partial charge in [0.1, 0.15) is 0 Å². The molecule has 8 nitrogen and oxygen atoms in total. The van der Waals surface area contributed by atoms with E-state index < -0.39 is 24.1 Å². The van der Waals surface area contributed by atoms with Crippen LogP contribution in [0.5, 0.6) is 0 Å². The molecule has 0 aliphatic carbocycles. The molecule has 2 heterocycles. The van der Waals surface area contributed by atoms with E-state index in [1.807, 2.05) is 0 Å². The Morgan fingerprint density at radius 2 is 1.20 bits per heavy atom. The van der Waals surface area contributed by atoms with Gasteiger partial charge in [-0.3, -0.25) is 0 Å². The minimum absolute atomic E-state index is 0.794. The first-order valence-electron chi connectivity index (χ1n) is 6.72. The van der Waals surface area contributed by atoms with Gasteiger partial charge in [-0.1, -0.05) is 0 Å². The van der Waals surface area contributed by atoms with E-state index in [0.29, 0.717) is 0 Å². The SMILES string of the molecule is C1CN[C@H]([C@@H]2CCCN2)C1.O=C(O)[C@@H](O)[C@H](O)C(=O)O. The van der Waals surface area contributed by atoms with Crippen LogP contribution in [0.2, 0.25) is 0 Å². The van der Waals surface area contributed by atoms with E-state index in [0.717, 1.165) is 12.1 Å². The molecule has 116 valence electrons. The fourth-order valence-corrected chi connectivity index (χ4v) is 2.38. The number of hydrogen-bond donors (Lipinski definition) is 6. The molecule has 2 rings (SSSR count). The summed E-state index contributed by atoms with van der Waals surface area (Å²) in [6, 6.07) is 1.59. The quantitative estimate of drug-likeness (QED) is 0.363. The molecule has 4 atom stereocenters. The highest BCUT2D eigenvalue weighted by atomic mass is 16.4. The van der Waals surface area contributed by atoms with Crippen molar-refractivity contribution in [2.75, 3.05) is 13.1 Å². The standard InChI is InChI=1S/C8H16N2.C4H6O6/c1-3-7(9-5-1)8-4-2-6-10-8;5-1(3(7)8)2(6)4(9)10/h7-10H,1-6H2;1-2,5-6H,(H,7,8)(H,9,10)/t7-,8-;1-,2-/m00/s1. The number of carbonyl (C=O) groups is 2. The van der Waals surface area contributed by atoms with Crippen LogP contribution in [0.4, 0.5) is 0 Å². The Balaban J connectivity index is 0.000000200. The maximum Gasteiger partial charge on any atom is 0.335 e. The molecule has 0 aromatic heterocycles. The van der Waals surface area contributed by atoms with Gasteiger partial charge in [0, 0.05) is 12.1 Å². The Morgan fingerprint density at radius 1 is 0.850 bits per heavy atom. The molecular formula is C12H22N2O6. The molecule has 0 spiro atoms. The molecule has 0 aromatic rings. The number of aliphatic hydroxyl groups is 2. The molecule has 2 aliphatic heterocycles. The molecule has 0 saturated carbocycles. The number of aliphatic carboxylic acids is 2. The molecule has 0 bridgehead atoms. The Bertz CT molecular complexity index is 294. The second kappa shape index (κ2) is 8.15. The Morgan fingerprint density at radius 3 is 1.40 bits per heavy atom. The zero-order valence-corrected chi connectivity index (χ0v) is 11.2. The van der Waals surface area contributed by atoms with Crippen LogP contribution in [0.1, 0.15) is 25.7 Å². The summed E-state index contributed by atoms with van der Waals surface area (Å²) >= 11 is 0. The lowest BCUT2D eigenvalue weighted by molar-refractivity contribution is -0.165. The molecule has 0 aromatic carbocycles. The monoisotopic (exact) mass is 290 g/mol. The maximum atomic E-state index is 9.77. The largest absolute Gasteiger partial charge is 0.479 e. The summed E-state index contributed by atoms with van der Waals surface area (Å²) in [6.07, 6.45) is 0.996. The average Bonchev–Trinajstić information content (AvgIpc) is 3.08. The Hall–Kier alpha value is -1.22. The molecule has 20 heavy (non-hydrogen) atoms. The molecule has 0 radical (unpaired) electrons. The van der Waals surface area contributed by atoms with Gasteiger partial charge >= 0.3 is 11.9 Å². The lowest BCUT2D eigenvalue weighted by Gasteiger charge is -2.17. The summed E-state index contributed by atoms with van der Waals surface area (Å²) < 4.78 is 0. The molecule has 2 fully saturated rings. The van der Waals surface area contributed by atoms with Crippen LogP contribution in [0.15, 0.2) is 0 Å². The van der Waals surface area contributed by atoms with Gasteiger partial charge in [-0.05, 0) is 38.8 Å². The molecule has 2 saturated heterocycles. The molecular weight excluding hydrogens is 268 g/mol. The van der Waals surface area contributed by atoms with Crippen molar-refractivity contribution in [1.29, 1.82) is 0 Å². The summed E-state index contributed by atoms with van der Waals surface area (Å²) in [5.74, 6) is -3.54. The van der Waals surface area contributed by atoms with Gasteiger partial charge in [-0.2, -0.15) is 0 Å². The minimum Gasteiger partial charge on any atom is -0.479 e. The third-order valence-corrected chi connectivity index (χ3v) is 3.49. The van der Waals surface area contributed by atoms with Crippen molar-refractivity contribution in [1.82, 2.24) is 10.6 Å². The van der Waals surface area contributed by atoms with E-state index in [2.05, 4.69) is 10.6 Å². The highest BCUT2D eigenvalue weighted by molar-refractivity contribution is 5.83. The van der Waals surface area contributed by atoms with Crippen LogP contribution in [-0.4, -0.2) is 69.7 Å². The number of nitrogens with one attached hydrogen (secondary N) is 2. The first-order chi connectivity index (χ1) is 9.43. The van der Waals surface area contributed by atoms with Gasteiger partial charge < -0.3 is 31.1 Å². The van der Waals surface area contributed by atoms with Gasteiger partial charge in [0.05, 0.1) is 0 Å². The smallest absolute Gasteiger partial charge is 0.335 e. The average molecular weight is 290 g/mol. The highest BCUT2D eigenvalue weighted by Crippen LogP contribution is 2.16. The number of carboxylic acids is 2. The molecule has 0 amide bonds. The van der Waals surface area contributed by atoms with E-state index in [-0.39, 0.29) is 0 Å². The van der Waals surface area contributed by atoms with Crippen LogP contribution in [0.3, 0.4) is 0 Å². The number of hydrogen-bond acceptors (Lipinski definition) is 6. The Labute approximate surface area is 116 Å². The molecule has 2 aliphatic rings. The highest BCUT2D eigenvalue weighted by Gasteiger charge is 2.29. The van der Waals surface area contributed by atoms with Crippen molar-refractivity contribution in [3.05, 3.63) is 0 Å². The summed E-state index contributed by atoms with van der Waals surface area (Å²) in [5.41, 5.74) is 0. The fraction of sp³-hybridized carbons (Fsp3) is 0.833. The minimum atomic E-state index is -2.27. The maximum absolute atomic E-state index is 9.77. The molecule has 6 N–H and O–H groups in total. The second-order valence-electron chi connectivity index (χ2n) is 4.97. The van der Waals surface area contributed by atoms with E-state index in [4.69, 9.17) is 20.4 Å². The number of aliphatic hydroxyl groups excluding tert-OH is 2. The Kier molecular flexibility index (Phi) is 6.86. The summed E-state index contributed by atoms with van der Waals surface area (Å²) in [5, 5.41) is 39.6. The van der Waals surface area contributed by atoms with Gasteiger partial charge in [0.15, 0.2) is 12.2 Å². The molecule has 0 unspecified atom stereocenters. The van der Waals surface area contributed by atoms with Crippen molar-refractivity contribution < 1.29 is 30.0 Å². The predicted molar refractivity (Wildman–Crippen MR) is 69.3 cm³/mol. The normalized spacial score (nSPS) is 28.3. The van der Waals surface area contributed by atoms with Gasteiger partial charge in [0.25, 0.3) is 0 Å². The lowest BCUT2D eigenvalue weighted by Crippen LogP contribution is -2.40. The van der Waals surface area contributed by atoms with Crippen molar-refractivity contribution in [2.24, 2.45) is 0 Å². The zero-order valence-electron chi connectivity index (χ0n) is 11.2. The third kappa shape index (κ3) is 5.04. The van der Waals surface area contributed by atoms with Crippen molar-refractivity contribution in [2.45, 2.75) is 50.0 Å². The van der Waals surface area contributed by atoms with Gasteiger partial charge in [0.2, 0.25) is 0 Å². The van der Waals surface area contributed by atoms with Crippen molar-refractivity contribution in [3.63, 3.8) is 0 Å². The van der Waals surface area contributed by atoms with Crippen LogP contribution < -0.4 is 10.6 Å². The first-order valence-corrected chi connectivity index (χ1v) is 6.72. The summed E-state index contributed by atoms with van der Waals surface area (Å²) in [7, 11) is 0. The van der Waals surface area contributed by atoms with Crippen LogP contribution in [0.25, 0.3) is 0 Å². The van der Waals surface area contributed by atoms with Crippen molar-refractivity contribution in [3.8, 4) is 0 Å². The third-order valence-electron chi connectivity index (χ3n) is 3.49. The van der Waals surface area contributed by atoms with Crippen LogP contribution >= 0.6 is 0 Å². The van der Waals surface area contributed by atoms with Crippen LogP contribution in [0, 0.1) is 0 Å². The molecule has 8 heteroatoms. The van der Waals surface area contributed by atoms with E-state index in [9.17, 15) is 9.59 Å². The first kappa shape index (κ1) is 16.8. The topological polar surface area (TPSA) is 139 Å². The zero-order chi connectivity index (χ0) is 15.1. The van der Waals surface area contributed by atoms with Crippen LogP contribution in [-0.2, 0) is 9.59 Å². The summed E-state index contributed by atoms with van der Waals surface area (Å²) in [4.78, 5) is 19.5. The number of carboxylic acid groups (broad SMARTS) is 2. The fourth-order valence-electron chi connectivity index (χ4n) is 2.38. The van der Waals surface area contributed by atoms with Gasteiger partial charge in [-0.15, -0.1) is 0 Å².